The predicted molar refractivity (Wildman–Crippen MR) is 78.6 cm³/mol. The molecule has 0 bridgehead atoms. The number of benzene rings is 1. The Morgan fingerprint density at radius 2 is 1.89 bits per heavy atom. The molecule has 1 saturated heterocycles. The van der Waals surface area contributed by atoms with Crippen LogP contribution in [0.15, 0.2) is 35.9 Å². The standard InChI is InChI=1S/C16H24N2/c1-15(13-16-7-4-3-5-8-16)14-18-10-6-9-17(2)11-12-18/h3-5,7-8,13H,6,9-12,14H2,1-2H3/b15-13+. The van der Waals surface area contributed by atoms with Crippen molar-refractivity contribution in [2.24, 2.45) is 0 Å². The third-order valence-electron chi connectivity index (χ3n) is 3.50. The molecule has 1 heterocycles. The van der Waals surface area contributed by atoms with E-state index in [4.69, 9.17) is 0 Å². The summed E-state index contributed by atoms with van der Waals surface area (Å²) in [5.41, 5.74) is 2.76. The van der Waals surface area contributed by atoms with Crippen LogP contribution in [0.2, 0.25) is 0 Å². The van der Waals surface area contributed by atoms with Crippen molar-refractivity contribution in [1.82, 2.24) is 9.80 Å². The Morgan fingerprint density at radius 1 is 1.11 bits per heavy atom. The van der Waals surface area contributed by atoms with Crippen LogP contribution in [0.1, 0.15) is 18.9 Å². The molecule has 1 fully saturated rings. The summed E-state index contributed by atoms with van der Waals surface area (Å²) in [7, 11) is 2.22. The van der Waals surface area contributed by atoms with E-state index in [1.54, 1.807) is 0 Å². The molecule has 0 amide bonds. The molecule has 1 aromatic carbocycles. The first kappa shape index (κ1) is 13.3. The van der Waals surface area contributed by atoms with Gasteiger partial charge in [0.1, 0.15) is 0 Å². The Kier molecular flexibility index (Phi) is 4.97. The summed E-state index contributed by atoms with van der Waals surface area (Å²) in [4.78, 5) is 4.99. The van der Waals surface area contributed by atoms with Crippen LogP contribution in [0.5, 0.6) is 0 Å². The Hall–Kier alpha value is -1.12. The molecule has 0 atom stereocenters. The Labute approximate surface area is 111 Å². The van der Waals surface area contributed by atoms with E-state index in [9.17, 15) is 0 Å². The number of hydrogen-bond donors (Lipinski definition) is 0. The summed E-state index contributed by atoms with van der Waals surface area (Å²) < 4.78 is 0. The molecule has 0 radical (unpaired) electrons. The zero-order valence-corrected chi connectivity index (χ0v) is 11.6. The van der Waals surface area contributed by atoms with Gasteiger partial charge in [0.05, 0.1) is 0 Å². The summed E-state index contributed by atoms with van der Waals surface area (Å²) in [6, 6.07) is 10.6. The van der Waals surface area contributed by atoms with Crippen LogP contribution in [0.3, 0.4) is 0 Å². The third kappa shape index (κ3) is 4.28. The minimum absolute atomic E-state index is 1.10. The van der Waals surface area contributed by atoms with E-state index in [1.165, 1.54) is 43.7 Å². The van der Waals surface area contributed by atoms with Crippen LogP contribution in [-0.2, 0) is 0 Å². The van der Waals surface area contributed by atoms with Gasteiger partial charge >= 0.3 is 0 Å². The first-order valence-corrected chi connectivity index (χ1v) is 6.87. The summed E-state index contributed by atoms with van der Waals surface area (Å²) in [6.45, 7) is 8.18. The highest BCUT2D eigenvalue weighted by atomic mass is 15.2. The summed E-state index contributed by atoms with van der Waals surface area (Å²) in [6.07, 6.45) is 3.59. The highest BCUT2D eigenvalue weighted by Crippen LogP contribution is 2.09. The predicted octanol–water partition coefficient (Wildman–Crippen LogP) is 2.73. The monoisotopic (exact) mass is 244 g/mol. The lowest BCUT2D eigenvalue weighted by atomic mass is 10.1. The lowest BCUT2D eigenvalue weighted by molar-refractivity contribution is 0.295. The number of rotatable bonds is 3. The number of hydrogen-bond acceptors (Lipinski definition) is 2. The van der Waals surface area contributed by atoms with Crippen molar-refractivity contribution < 1.29 is 0 Å². The molecule has 0 spiro atoms. The van der Waals surface area contributed by atoms with Crippen LogP contribution in [0.4, 0.5) is 0 Å². The molecule has 98 valence electrons. The van der Waals surface area contributed by atoms with Crippen LogP contribution in [-0.4, -0.2) is 49.6 Å². The van der Waals surface area contributed by atoms with Crippen LogP contribution in [0.25, 0.3) is 6.08 Å². The molecular formula is C16H24N2. The van der Waals surface area contributed by atoms with Gasteiger partial charge in [-0.25, -0.2) is 0 Å². The third-order valence-corrected chi connectivity index (χ3v) is 3.50. The molecule has 2 rings (SSSR count). The van der Waals surface area contributed by atoms with Gasteiger partial charge in [0.2, 0.25) is 0 Å². The molecule has 1 aliphatic rings. The maximum absolute atomic E-state index is 2.57. The van der Waals surface area contributed by atoms with Gasteiger partial charge in [-0.1, -0.05) is 42.0 Å². The van der Waals surface area contributed by atoms with E-state index in [2.05, 4.69) is 60.2 Å². The smallest absolute Gasteiger partial charge is 0.0193 e. The quantitative estimate of drug-likeness (QED) is 0.806. The molecule has 0 unspecified atom stereocenters. The van der Waals surface area contributed by atoms with Crippen molar-refractivity contribution in [1.29, 1.82) is 0 Å². The van der Waals surface area contributed by atoms with Gasteiger partial charge in [0.25, 0.3) is 0 Å². The highest BCUT2D eigenvalue weighted by molar-refractivity contribution is 5.52. The van der Waals surface area contributed by atoms with E-state index in [-0.39, 0.29) is 0 Å². The fraction of sp³-hybridized carbons (Fsp3) is 0.500. The van der Waals surface area contributed by atoms with Gasteiger partial charge in [-0.2, -0.15) is 0 Å². The Morgan fingerprint density at radius 3 is 2.67 bits per heavy atom. The van der Waals surface area contributed by atoms with Gasteiger partial charge in [-0.15, -0.1) is 0 Å². The zero-order chi connectivity index (χ0) is 12.8. The minimum Gasteiger partial charge on any atom is -0.305 e. The van der Waals surface area contributed by atoms with Crippen LogP contribution in [0, 0.1) is 0 Å². The average Bonchev–Trinajstić information content (AvgIpc) is 2.56. The fourth-order valence-corrected chi connectivity index (χ4v) is 2.49. The molecule has 1 aromatic rings. The Bertz CT molecular complexity index is 383. The molecule has 2 heteroatoms. The van der Waals surface area contributed by atoms with Crippen molar-refractivity contribution >= 4 is 6.08 Å². The largest absolute Gasteiger partial charge is 0.305 e. The fourth-order valence-electron chi connectivity index (χ4n) is 2.49. The lowest BCUT2D eigenvalue weighted by Gasteiger charge is -2.20. The summed E-state index contributed by atoms with van der Waals surface area (Å²) in [5, 5.41) is 0. The molecule has 18 heavy (non-hydrogen) atoms. The van der Waals surface area contributed by atoms with Crippen molar-refractivity contribution in [3.8, 4) is 0 Å². The number of nitrogens with zero attached hydrogens (tertiary/aromatic N) is 2. The second-order valence-electron chi connectivity index (χ2n) is 5.33. The van der Waals surface area contributed by atoms with Crippen molar-refractivity contribution in [3.63, 3.8) is 0 Å². The van der Waals surface area contributed by atoms with Crippen molar-refractivity contribution in [3.05, 3.63) is 41.5 Å². The molecule has 2 nitrogen and oxygen atoms in total. The lowest BCUT2D eigenvalue weighted by Crippen LogP contribution is -2.30. The second-order valence-corrected chi connectivity index (χ2v) is 5.33. The number of likely N-dealkylation sites (N-methyl/N-ethyl adjacent to an activating group) is 1. The summed E-state index contributed by atoms with van der Waals surface area (Å²) in [5.74, 6) is 0. The van der Waals surface area contributed by atoms with E-state index in [0.29, 0.717) is 0 Å². The van der Waals surface area contributed by atoms with Gasteiger partial charge < -0.3 is 4.90 Å². The van der Waals surface area contributed by atoms with E-state index < -0.39 is 0 Å². The summed E-state index contributed by atoms with van der Waals surface area (Å²) >= 11 is 0. The average molecular weight is 244 g/mol. The molecule has 0 aromatic heterocycles. The maximum Gasteiger partial charge on any atom is 0.0193 e. The van der Waals surface area contributed by atoms with Gasteiger partial charge in [0, 0.05) is 19.6 Å². The SMILES string of the molecule is C/C(=C\c1ccccc1)CN1CCCN(C)CC1. The van der Waals surface area contributed by atoms with Gasteiger partial charge in [0.15, 0.2) is 0 Å². The van der Waals surface area contributed by atoms with Crippen LogP contribution < -0.4 is 0 Å². The van der Waals surface area contributed by atoms with E-state index >= 15 is 0 Å². The van der Waals surface area contributed by atoms with Crippen molar-refractivity contribution in [2.45, 2.75) is 13.3 Å². The topological polar surface area (TPSA) is 6.48 Å². The van der Waals surface area contributed by atoms with Crippen LogP contribution >= 0.6 is 0 Å². The molecule has 0 N–H and O–H groups in total. The minimum atomic E-state index is 1.10. The zero-order valence-electron chi connectivity index (χ0n) is 11.6. The van der Waals surface area contributed by atoms with E-state index in [1.807, 2.05) is 0 Å². The molecular weight excluding hydrogens is 220 g/mol. The van der Waals surface area contributed by atoms with Gasteiger partial charge in [-0.3, -0.25) is 4.90 Å². The normalized spacial score (nSPS) is 19.8. The maximum atomic E-state index is 2.57. The molecule has 0 saturated carbocycles. The molecule has 1 aliphatic heterocycles. The molecule has 0 aliphatic carbocycles. The first-order chi connectivity index (χ1) is 8.74. The van der Waals surface area contributed by atoms with Crippen molar-refractivity contribution in [2.75, 3.05) is 39.8 Å². The van der Waals surface area contributed by atoms with E-state index in [0.717, 1.165) is 6.54 Å². The second kappa shape index (κ2) is 6.72. The highest BCUT2D eigenvalue weighted by Gasteiger charge is 2.11. The Balaban J connectivity index is 1.90. The van der Waals surface area contributed by atoms with Gasteiger partial charge in [-0.05, 0) is 39.0 Å². The first-order valence-electron chi connectivity index (χ1n) is 6.87.